The van der Waals surface area contributed by atoms with Crippen molar-refractivity contribution in [2.24, 2.45) is 0 Å². The minimum Gasteiger partial charge on any atom is -0.480 e. The number of rotatable bonds is 5. The molecule has 6 heteroatoms. The van der Waals surface area contributed by atoms with E-state index in [2.05, 4.69) is 4.90 Å². The van der Waals surface area contributed by atoms with E-state index >= 15 is 0 Å². The number of hydrogen-bond acceptors (Lipinski definition) is 4. The first-order valence-electron chi connectivity index (χ1n) is 6.35. The van der Waals surface area contributed by atoms with Crippen molar-refractivity contribution in [1.82, 2.24) is 14.7 Å². The summed E-state index contributed by atoms with van der Waals surface area (Å²) in [7, 11) is 3.53. The van der Waals surface area contributed by atoms with Gasteiger partial charge in [0, 0.05) is 46.7 Å². The van der Waals surface area contributed by atoms with E-state index < -0.39 is 5.97 Å². The molecule has 0 atom stereocenters. The van der Waals surface area contributed by atoms with Crippen LogP contribution in [0.5, 0.6) is 0 Å². The van der Waals surface area contributed by atoms with Crippen molar-refractivity contribution in [2.75, 3.05) is 53.4 Å². The molecule has 0 aromatic rings. The van der Waals surface area contributed by atoms with Gasteiger partial charge in [0.05, 0.1) is 6.54 Å². The molecule has 0 spiro atoms. The standard InChI is InChI=1S/C12H23N3O3/c1-13(2)11(16)4-7-14-5-3-6-15(9-8-14)10-12(17)18/h3-10H2,1-2H3,(H,17,18). The molecular weight excluding hydrogens is 234 g/mol. The lowest BCUT2D eigenvalue weighted by Crippen LogP contribution is -2.35. The summed E-state index contributed by atoms with van der Waals surface area (Å²) in [6.45, 7) is 4.25. The van der Waals surface area contributed by atoms with Gasteiger partial charge in [0.25, 0.3) is 0 Å². The fourth-order valence-electron chi connectivity index (χ4n) is 2.07. The van der Waals surface area contributed by atoms with E-state index in [1.165, 1.54) is 0 Å². The van der Waals surface area contributed by atoms with Crippen molar-refractivity contribution in [1.29, 1.82) is 0 Å². The molecule has 0 aromatic carbocycles. The molecule has 1 rings (SSSR count). The van der Waals surface area contributed by atoms with Crippen LogP contribution in [0.4, 0.5) is 0 Å². The van der Waals surface area contributed by atoms with Gasteiger partial charge in [0.2, 0.25) is 5.91 Å². The minimum atomic E-state index is -0.772. The lowest BCUT2D eigenvalue weighted by atomic mass is 10.3. The Balaban J connectivity index is 2.29. The predicted octanol–water partition coefficient (Wildman–Crippen LogP) is -0.443. The molecule has 0 radical (unpaired) electrons. The highest BCUT2D eigenvalue weighted by Gasteiger charge is 2.17. The van der Waals surface area contributed by atoms with Crippen LogP contribution in [0.25, 0.3) is 0 Å². The van der Waals surface area contributed by atoms with Crippen LogP contribution < -0.4 is 0 Å². The fourth-order valence-corrected chi connectivity index (χ4v) is 2.07. The van der Waals surface area contributed by atoms with Gasteiger partial charge in [-0.3, -0.25) is 14.5 Å². The molecule has 0 aliphatic carbocycles. The zero-order valence-electron chi connectivity index (χ0n) is 11.3. The molecule has 1 saturated heterocycles. The molecule has 0 bridgehead atoms. The monoisotopic (exact) mass is 257 g/mol. The maximum Gasteiger partial charge on any atom is 0.317 e. The molecule has 18 heavy (non-hydrogen) atoms. The highest BCUT2D eigenvalue weighted by molar-refractivity contribution is 5.75. The van der Waals surface area contributed by atoms with Crippen LogP contribution in [0.15, 0.2) is 0 Å². The summed E-state index contributed by atoms with van der Waals surface area (Å²) in [6.07, 6.45) is 1.50. The average molecular weight is 257 g/mol. The van der Waals surface area contributed by atoms with Gasteiger partial charge in [-0.05, 0) is 13.0 Å². The molecule has 104 valence electrons. The minimum absolute atomic E-state index is 0.116. The lowest BCUT2D eigenvalue weighted by Gasteiger charge is -2.21. The first kappa shape index (κ1) is 14.9. The number of carboxylic acids is 1. The van der Waals surface area contributed by atoms with Crippen molar-refractivity contribution in [2.45, 2.75) is 12.8 Å². The molecule has 1 fully saturated rings. The third kappa shape index (κ3) is 5.46. The molecule has 1 heterocycles. The lowest BCUT2D eigenvalue weighted by molar-refractivity contribution is -0.138. The second kappa shape index (κ2) is 7.33. The third-order valence-electron chi connectivity index (χ3n) is 3.18. The summed E-state index contributed by atoms with van der Waals surface area (Å²) in [4.78, 5) is 27.9. The summed E-state index contributed by atoms with van der Waals surface area (Å²) in [5, 5.41) is 8.76. The van der Waals surface area contributed by atoms with E-state index in [9.17, 15) is 9.59 Å². The van der Waals surface area contributed by atoms with Crippen LogP contribution >= 0.6 is 0 Å². The molecule has 1 aliphatic heterocycles. The first-order valence-corrected chi connectivity index (χ1v) is 6.35. The second-order valence-electron chi connectivity index (χ2n) is 4.90. The first-order chi connectivity index (χ1) is 8.49. The van der Waals surface area contributed by atoms with Gasteiger partial charge in [-0.25, -0.2) is 0 Å². The van der Waals surface area contributed by atoms with Gasteiger partial charge in [-0.1, -0.05) is 0 Å². The number of amides is 1. The Morgan fingerprint density at radius 3 is 2.33 bits per heavy atom. The SMILES string of the molecule is CN(C)C(=O)CCN1CCCN(CC(=O)O)CC1. The van der Waals surface area contributed by atoms with Crippen LogP contribution in [0, 0.1) is 0 Å². The molecule has 0 unspecified atom stereocenters. The Kier molecular flexibility index (Phi) is 6.07. The topological polar surface area (TPSA) is 64.1 Å². The Morgan fingerprint density at radius 2 is 1.72 bits per heavy atom. The number of nitrogens with zero attached hydrogens (tertiary/aromatic N) is 3. The molecule has 0 aromatic heterocycles. The molecule has 1 amide bonds. The van der Waals surface area contributed by atoms with Crippen molar-refractivity contribution < 1.29 is 14.7 Å². The highest BCUT2D eigenvalue weighted by atomic mass is 16.4. The van der Waals surface area contributed by atoms with E-state index in [0.29, 0.717) is 6.42 Å². The summed E-state index contributed by atoms with van der Waals surface area (Å²) in [5.74, 6) is -0.632. The Hall–Kier alpha value is -1.14. The van der Waals surface area contributed by atoms with Gasteiger partial charge < -0.3 is 14.9 Å². The van der Waals surface area contributed by atoms with Gasteiger partial charge in [0.15, 0.2) is 0 Å². The second-order valence-corrected chi connectivity index (χ2v) is 4.90. The normalized spacial score (nSPS) is 18.3. The Morgan fingerprint density at radius 1 is 1.11 bits per heavy atom. The van der Waals surface area contributed by atoms with Crippen LogP contribution in [0.3, 0.4) is 0 Å². The molecular formula is C12H23N3O3. The van der Waals surface area contributed by atoms with E-state index in [-0.39, 0.29) is 12.5 Å². The van der Waals surface area contributed by atoms with Gasteiger partial charge in [-0.15, -0.1) is 0 Å². The zero-order valence-corrected chi connectivity index (χ0v) is 11.3. The van der Waals surface area contributed by atoms with Crippen LogP contribution in [0.1, 0.15) is 12.8 Å². The maximum absolute atomic E-state index is 11.5. The Bertz CT molecular complexity index is 294. The highest BCUT2D eigenvalue weighted by Crippen LogP contribution is 2.04. The molecule has 0 saturated carbocycles. The maximum atomic E-state index is 11.5. The zero-order chi connectivity index (χ0) is 13.5. The fraction of sp³-hybridized carbons (Fsp3) is 0.833. The number of hydrogen-bond donors (Lipinski definition) is 1. The van der Waals surface area contributed by atoms with Gasteiger partial charge in [-0.2, -0.15) is 0 Å². The summed E-state index contributed by atoms with van der Waals surface area (Å²) in [6, 6.07) is 0. The largest absolute Gasteiger partial charge is 0.480 e. The van der Waals surface area contributed by atoms with E-state index in [0.717, 1.165) is 39.1 Å². The molecule has 1 N–H and O–H groups in total. The summed E-state index contributed by atoms with van der Waals surface area (Å²) < 4.78 is 0. The van der Waals surface area contributed by atoms with Crippen molar-refractivity contribution in [3.8, 4) is 0 Å². The Labute approximate surface area is 108 Å². The van der Waals surface area contributed by atoms with E-state index in [1.807, 2.05) is 4.90 Å². The molecule has 1 aliphatic rings. The van der Waals surface area contributed by atoms with E-state index in [4.69, 9.17) is 5.11 Å². The number of carbonyl (C=O) groups excluding carboxylic acids is 1. The van der Waals surface area contributed by atoms with Crippen LogP contribution in [-0.2, 0) is 9.59 Å². The average Bonchev–Trinajstić information content (AvgIpc) is 2.50. The van der Waals surface area contributed by atoms with Crippen LogP contribution in [0.2, 0.25) is 0 Å². The van der Waals surface area contributed by atoms with Crippen molar-refractivity contribution >= 4 is 11.9 Å². The van der Waals surface area contributed by atoms with Gasteiger partial charge in [0.1, 0.15) is 0 Å². The van der Waals surface area contributed by atoms with Gasteiger partial charge >= 0.3 is 5.97 Å². The molecule has 6 nitrogen and oxygen atoms in total. The van der Waals surface area contributed by atoms with Crippen molar-refractivity contribution in [3.63, 3.8) is 0 Å². The third-order valence-corrected chi connectivity index (χ3v) is 3.18. The predicted molar refractivity (Wildman–Crippen MR) is 68.4 cm³/mol. The quantitative estimate of drug-likeness (QED) is 0.723. The number of carbonyl (C=O) groups is 2. The summed E-state index contributed by atoms with van der Waals surface area (Å²) in [5.41, 5.74) is 0. The smallest absolute Gasteiger partial charge is 0.317 e. The van der Waals surface area contributed by atoms with E-state index in [1.54, 1.807) is 19.0 Å². The number of carboxylic acid groups (broad SMARTS) is 1. The van der Waals surface area contributed by atoms with Crippen LogP contribution in [-0.4, -0.2) is 85.0 Å². The summed E-state index contributed by atoms with van der Waals surface area (Å²) >= 11 is 0. The number of aliphatic carboxylic acids is 1. The van der Waals surface area contributed by atoms with Crippen molar-refractivity contribution in [3.05, 3.63) is 0 Å².